The second-order valence-corrected chi connectivity index (χ2v) is 4.12. The van der Waals surface area contributed by atoms with Crippen LogP contribution in [0.15, 0.2) is 0 Å². The molecule has 0 aliphatic carbocycles. The lowest BCUT2D eigenvalue weighted by atomic mass is 10.1. The first kappa shape index (κ1) is 13.9. The molecule has 98 valence electrons. The number of amides is 1. The van der Waals surface area contributed by atoms with Gasteiger partial charge in [0.15, 0.2) is 0 Å². The Bertz CT molecular complexity index is 261. The zero-order valence-electron chi connectivity index (χ0n) is 9.80. The molecule has 17 heavy (non-hydrogen) atoms. The molecule has 0 unspecified atom stereocenters. The number of carboxylic acids is 1. The van der Waals surface area contributed by atoms with Crippen LogP contribution in [0.25, 0.3) is 0 Å². The molecule has 1 aliphatic heterocycles. The quantitative estimate of drug-likeness (QED) is 0.635. The smallest absolute Gasteiger partial charge is 0.305 e. The summed E-state index contributed by atoms with van der Waals surface area (Å²) in [5.74, 6) is -0.895. The summed E-state index contributed by atoms with van der Waals surface area (Å²) >= 11 is 0. The third kappa shape index (κ3) is 5.65. The van der Waals surface area contributed by atoms with Crippen molar-refractivity contribution < 1.29 is 24.5 Å². The van der Waals surface area contributed by atoms with Gasteiger partial charge in [0.2, 0.25) is 5.91 Å². The van der Waals surface area contributed by atoms with Gasteiger partial charge >= 0.3 is 5.97 Å². The molecule has 0 aromatic carbocycles. The monoisotopic (exact) mass is 245 g/mol. The van der Waals surface area contributed by atoms with Gasteiger partial charge in [0.1, 0.15) is 0 Å². The highest BCUT2D eigenvalue weighted by molar-refractivity contribution is 5.76. The van der Waals surface area contributed by atoms with E-state index < -0.39 is 5.97 Å². The number of carbonyl (C=O) groups is 2. The minimum absolute atomic E-state index is 0.00669. The van der Waals surface area contributed by atoms with Crippen LogP contribution in [0, 0.1) is 0 Å². The van der Waals surface area contributed by atoms with E-state index >= 15 is 0 Å². The van der Waals surface area contributed by atoms with E-state index in [1.165, 1.54) is 0 Å². The first-order valence-corrected chi connectivity index (χ1v) is 5.85. The number of hydrogen-bond donors (Lipinski definition) is 2. The zero-order chi connectivity index (χ0) is 12.7. The largest absolute Gasteiger partial charge is 0.481 e. The highest BCUT2D eigenvalue weighted by atomic mass is 16.5. The molecule has 0 saturated carbocycles. The van der Waals surface area contributed by atoms with Gasteiger partial charge in [-0.05, 0) is 12.8 Å². The van der Waals surface area contributed by atoms with E-state index in [4.69, 9.17) is 9.84 Å². The average molecular weight is 245 g/mol. The number of aliphatic carboxylic acids is 1. The van der Waals surface area contributed by atoms with Gasteiger partial charge in [0.05, 0.1) is 32.2 Å². The minimum Gasteiger partial charge on any atom is -0.481 e. The number of rotatable bonds is 6. The van der Waals surface area contributed by atoms with Crippen LogP contribution in [0.3, 0.4) is 0 Å². The van der Waals surface area contributed by atoms with Crippen molar-refractivity contribution in [3.63, 3.8) is 0 Å². The Morgan fingerprint density at radius 1 is 1.18 bits per heavy atom. The highest BCUT2D eigenvalue weighted by Gasteiger charge is 2.20. The van der Waals surface area contributed by atoms with Crippen molar-refractivity contribution in [3.05, 3.63) is 0 Å². The fraction of sp³-hybridized carbons (Fsp3) is 0.818. The second kappa shape index (κ2) is 7.24. The fourth-order valence-electron chi connectivity index (χ4n) is 1.69. The Hall–Kier alpha value is -1.14. The number of hydrogen-bond acceptors (Lipinski definition) is 4. The van der Waals surface area contributed by atoms with E-state index in [0.717, 1.165) is 0 Å². The van der Waals surface area contributed by atoms with Crippen LogP contribution in [0.4, 0.5) is 0 Å². The summed E-state index contributed by atoms with van der Waals surface area (Å²) in [6.07, 6.45) is 1.21. The fourth-order valence-corrected chi connectivity index (χ4v) is 1.69. The first-order chi connectivity index (χ1) is 8.09. The average Bonchev–Trinajstić information content (AvgIpc) is 2.29. The number of aliphatic hydroxyl groups excluding tert-OH is 1. The van der Waals surface area contributed by atoms with Gasteiger partial charge in [0, 0.05) is 13.1 Å². The molecule has 1 heterocycles. The maximum absolute atomic E-state index is 11.6. The SMILES string of the molecule is O=C(O)CCOCCC(=O)N1CCC(O)CC1. The van der Waals surface area contributed by atoms with Gasteiger partial charge in [0.25, 0.3) is 0 Å². The summed E-state index contributed by atoms with van der Waals surface area (Å²) in [6.45, 7) is 1.58. The number of aliphatic hydroxyl groups is 1. The summed E-state index contributed by atoms with van der Waals surface area (Å²) in [5, 5.41) is 17.7. The van der Waals surface area contributed by atoms with Gasteiger partial charge in [-0.15, -0.1) is 0 Å². The third-order valence-corrected chi connectivity index (χ3v) is 2.74. The molecule has 0 bridgehead atoms. The molecule has 1 amide bonds. The molecule has 2 N–H and O–H groups in total. The van der Waals surface area contributed by atoms with E-state index in [9.17, 15) is 14.7 Å². The number of nitrogens with zero attached hydrogens (tertiary/aromatic N) is 1. The minimum atomic E-state index is -0.902. The molecule has 0 aromatic heterocycles. The van der Waals surface area contributed by atoms with Gasteiger partial charge in [-0.25, -0.2) is 0 Å². The second-order valence-electron chi connectivity index (χ2n) is 4.12. The summed E-state index contributed by atoms with van der Waals surface area (Å²) in [7, 11) is 0. The van der Waals surface area contributed by atoms with Crippen molar-refractivity contribution in [2.75, 3.05) is 26.3 Å². The molecule has 1 saturated heterocycles. The summed E-state index contributed by atoms with van der Waals surface area (Å²) in [5.41, 5.74) is 0. The van der Waals surface area contributed by atoms with Crippen LogP contribution in [0.5, 0.6) is 0 Å². The maximum Gasteiger partial charge on any atom is 0.305 e. The van der Waals surface area contributed by atoms with E-state index in [2.05, 4.69) is 0 Å². The van der Waals surface area contributed by atoms with E-state index in [1.54, 1.807) is 4.90 Å². The van der Waals surface area contributed by atoms with E-state index in [-0.39, 0.29) is 38.1 Å². The maximum atomic E-state index is 11.6. The van der Waals surface area contributed by atoms with Crippen LogP contribution >= 0.6 is 0 Å². The molecular formula is C11H19NO5. The molecule has 1 aliphatic rings. The van der Waals surface area contributed by atoms with Crippen molar-refractivity contribution in [2.24, 2.45) is 0 Å². The van der Waals surface area contributed by atoms with Crippen LogP contribution in [-0.4, -0.2) is 59.4 Å². The van der Waals surface area contributed by atoms with Crippen molar-refractivity contribution in [1.29, 1.82) is 0 Å². The predicted molar refractivity (Wildman–Crippen MR) is 59.5 cm³/mol. The van der Waals surface area contributed by atoms with E-state index in [0.29, 0.717) is 25.9 Å². The predicted octanol–water partition coefficient (Wildman–Crippen LogP) is -0.149. The molecule has 0 aromatic rings. The Morgan fingerprint density at radius 2 is 1.76 bits per heavy atom. The van der Waals surface area contributed by atoms with Crippen molar-refractivity contribution in [3.8, 4) is 0 Å². The van der Waals surface area contributed by atoms with Gasteiger partial charge in [-0.1, -0.05) is 0 Å². The number of carbonyl (C=O) groups excluding carboxylic acids is 1. The summed E-state index contributed by atoms with van der Waals surface area (Å²) < 4.78 is 5.05. The van der Waals surface area contributed by atoms with Crippen LogP contribution in [0.1, 0.15) is 25.7 Å². The lowest BCUT2D eigenvalue weighted by Crippen LogP contribution is -2.40. The topological polar surface area (TPSA) is 87.1 Å². The third-order valence-electron chi connectivity index (χ3n) is 2.74. The Labute approximate surface area is 100 Å². The standard InChI is InChI=1S/C11H19NO5/c13-9-1-5-12(6-2-9)10(14)3-7-17-8-4-11(15)16/h9,13H,1-8H2,(H,15,16). The molecule has 1 fully saturated rings. The van der Waals surface area contributed by atoms with Crippen molar-refractivity contribution >= 4 is 11.9 Å². The first-order valence-electron chi connectivity index (χ1n) is 5.85. The van der Waals surface area contributed by atoms with Gasteiger partial charge in [-0.2, -0.15) is 0 Å². The van der Waals surface area contributed by atoms with E-state index in [1.807, 2.05) is 0 Å². The van der Waals surface area contributed by atoms with Crippen LogP contribution in [0.2, 0.25) is 0 Å². The molecule has 0 radical (unpaired) electrons. The Kier molecular flexibility index (Phi) is 5.93. The molecular weight excluding hydrogens is 226 g/mol. The molecule has 6 nitrogen and oxygen atoms in total. The van der Waals surface area contributed by atoms with Crippen LogP contribution in [-0.2, 0) is 14.3 Å². The Morgan fingerprint density at radius 3 is 2.35 bits per heavy atom. The van der Waals surface area contributed by atoms with Gasteiger partial charge < -0.3 is 19.8 Å². The lowest BCUT2D eigenvalue weighted by molar-refractivity contribution is -0.138. The number of piperidine rings is 1. The lowest BCUT2D eigenvalue weighted by Gasteiger charge is -2.29. The number of likely N-dealkylation sites (tertiary alicyclic amines) is 1. The zero-order valence-corrected chi connectivity index (χ0v) is 9.80. The van der Waals surface area contributed by atoms with Crippen molar-refractivity contribution in [1.82, 2.24) is 4.90 Å². The summed E-state index contributed by atoms with van der Waals surface area (Å²) in [4.78, 5) is 23.6. The van der Waals surface area contributed by atoms with Crippen molar-refractivity contribution in [2.45, 2.75) is 31.8 Å². The Balaban J connectivity index is 2.06. The molecule has 1 rings (SSSR count). The number of carboxylic acid groups (broad SMARTS) is 1. The molecule has 0 atom stereocenters. The summed E-state index contributed by atoms with van der Waals surface area (Å²) in [6, 6.07) is 0. The molecule has 0 spiro atoms. The van der Waals surface area contributed by atoms with Gasteiger partial charge in [-0.3, -0.25) is 9.59 Å². The number of ether oxygens (including phenoxy) is 1. The molecule has 6 heteroatoms. The normalized spacial score (nSPS) is 17.1. The highest BCUT2D eigenvalue weighted by Crippen LogP contribution is 2.10. The van der Waals surface area contributed by atoms with Crippen LogP contribution < -0.4 is 0 Å².